The summed E-state index contributed by atoms with van der Waals surface area (Å²) in [5.74, 6) is 1.20. The fourth-order valence-corrected chi connectivity index (χ4v) is 1.99. The van der Waals surface area contributed by atoms with Crippen LogP contribution in [-0.4, -0.2) is 19.2 Å². The molecule has 102 valence electrons. The molecule has 0 fully saturated rings. The van der Waals surface area contributed by atoms with Crippen molar-refractivity contribution in [2.75, 3.05) is 14.2 Å². The van der Waals surface area contributed by atoms with Gasteiger partial charge in [0.1, 0.15) is 23.1 Å². The minimum Gasteiger partial charge on any atom is -0.497 e. The van der Waals surface area contributed by atoms with Crippen LogP contribution in [0.2, 0.25) is 0 Å². The van der Waals surface area contributed by atoms with Crippen molar-refractivity contribution in [3.8, 4) is 28.7 Å². The predicted octanol–water partition coefficient (Wildman–Crippen LogP) is 2.24. The molecule has 1 N–H and O–H groups in total. The summed E-state index contributed by atoms with van der Waals surface area (Å²) in [6, 6.07) is 8.95. The van der Waals surface area contributed by atoms with Gasteiger partial charge in [-0.25, -0.2) is 0 Å². The fourth-order valence-electron chi connectivity index (χ4n) is 1.99. The number of nitriles is 1. The quantitative estimate of drug-likeness (QED) is 0.928. The van der Waals surface area contributed by atoms with Crippen LogP contribution in [0.1, 0.15) is 11.3 Å². The fraction of sp³-hybridized carbons (Fsp3) is 0.200. The molecule has 1 aromatic carbocycles. The first-order valence-electron chi connectivity index (χ1n) is 5.96. The van der Waals surface area contributed by atoms with Crippen LogP contribution in [0.25, 0.3) is 11.1 Å². The van der Waals surface area contributed by atoms with Crippen LogP contribution in [0.3, 0.4) is 0 Å². The topological polar surface area (TPSA) is 75.1 Å². The number of aryl methyl sites for hydroxylation is 1. The molecule has 0 saturated carbocycles. The Bertz CT molecular complexity index is 720. The smallest absolute Gasteiger partial charge is 0.266 e. The van der Waals surface area contributed by atoms with Gasteiger partial charge < -0.3 is 14.5 Å². The van der Waals surface area contributed by atoms with E-state index in [0.717, 1.165) is 0 Å². The van der Waals surface area contributed by atoms with Gasteiger partial charge in [0.15, 0.2) is 0 Å². The highest BCUT2D eigenvalue weighted by molar-refractivity contribution is 5.72. The van der Waals surface area contributed by atoms with E-state index in [9.17, 15) is 10.1 Å². The van der Waals surface area contributed by atoms with Crippen molar-refractivity contribution >= 4 is 0 Å². The monoisotopic (exact) mass is 270 g/mol. The zero-order valence-corrected chi connectivity index (χ0v) is 11.5. The zero-order chi connectivity index (χ0) is 14.7. The molecule has 2 rings (SSSR count). The van der Waals surface area contributed by atoms with Gasteiger partial charge in [-0.1, -0.05) is 0 Å². The van der Waals surface area contributed by atoms with E-state index >= 15 is 0 Å². The summed E-state index contributed by atoms with van der Waals surface area (Å²) in [5, 5.41) is 9.17. The summed E-state index contributed by atoms with van der Waals surface area (Å²) in [6.45, 7) is 1.77. The number of aromatic amines is 1. The minimum atomic E-state index is -0.399. The molecule has 0 amide bonds. The molecule has 2 aromatic rings. The summed E-state index contributed by atoms with van der Waals surface area (Å²) in [5.41, 5.74) is 1.62. The van der Waals surface area contributed by atoms with E-state index in [1.807, 2.05) is 6.07 Å². The van der Waals surface area contributed by atoms with E-state index in [2.05, 4.69) is 4.98 Å². The second-order valence-corrected chi connectivity index (χ2v) is 4.28. The Hall–Kier alpha value is -2.74. The maximum atomic E-state index is 11.8. The van der Waals surface area contributed by atoms with Crippen LogP contribution in [0.5, 0.6) is 11.5 Å². The summed E-state index contributed by atoms with van der Waals surface area (Å²) in [4.78, 5) is 14.5. The molecule has 1 heterocycles. The van der Waals surface area contributed by atoms with E-state index < -0.39 is 5.56 Å². The van der Waals surface area contributed by atoms with Crippen LogP contribution in [0, 0.1) is 18.3 Å². The molecular formula is C15H14N2O3. The van der Waals surface area contributed by atoms with Gasteiger partial charge >= 0.3 is 0 Å². The molecule has 0 atom stereocenters. The lowest BCUT2D eigenvalue weighted by Crippen LogP contribution is -2.12. The van der Waals surface area contributed by atoms with Crippen LogP contribution in [0.15, 0.2) is 29.1 Å². The number of hydrogen-bond donors (Lipinski definition) is 1. The number of methoxy groups -OCH3 is 2. The lowest BCUT2D eigenvalue weighted by atomic mass is 10.0. The summed E-state index contributed by atoms with van der Waals surface area (Å²) in [7, 11) is 3.10. The molecule has 5 heteroatoms. The summed E-state index contributed by atoms with van der Waals surface area (Å²) in [6.07, 6.45) is 0. The Kier molecular flexibility index (Phi) is 3.76. The Labute approximate surface area is 116 Å². The molecule has 0 aliphatic carbocycles. The maximum Gasteiger partial charge on any atom is 0.266 e. The Morgan fingerprint density at radius 2 is 1.70 bits per heavy atom. The van der Waals surface area contributed by atoms with Gasteiger partial charge in [-0.2, -0.15) is 5.26 Å². The highest BCUT2D eigenvalue weighted by Crippen LogP contribution is 2.30. The highest BCUT2D eigenvalue weighted by Gasteiger charge is 2.12. The maximum absolute atomic E-state index is 11.8. The average Bonchev–Trinajstić information content (AvgIpc) is 2.45. The Morgan fingerprint density at radius 1 is 1.10 bits per heavy atom. The third-order valence-corrected chi connectivity index (χ3v) is 2.94. The number of rotatable bonds is 3. The van der Waals surface area contributed by atoms with Gasteiger partial charge in [0.25, 0.3) is 5.56 Å². The lowest BCUT2D eigenvalue weighted by molar-refractivity contribution is 0.394. The molecule has 0 aliphatic rings. The van der Waals surface area contributed by atoms with Crippen molar-refractivity contribution in [1.29, 1.82) is 5.26 Å². The average molecular weight is 270 g/mol. The number of nitrogens with one attached hydrogen (secondary N) is 1. The van der Waals surface area contributed by atoms with Gasteiger partial charge in [0.05, 0.1) is 14.2 Å². The largest absolute Gasteiger partial charge is 0.497 e. The predicted molar refractivity (Wildman–Crippen MR) is 75.1 cm³/mol. The van der Waals surface area contributed by atoms with Crippen LogP contribution in [0.4, 0.5) is 0 Å². The first-order valence-corrected chi connectivity index (χ1v) is 5.96. The van der Waals surface area contributed by atoms with Gasteiger partial charge in [0, 0.05) is 17.3 Å². The molecule has 0 unspecified atom stereocenters. The second-order valence-electron chi connectivity index (χ2n) is 4.28. The first-order chi connectivity index (χ1) is 9.58. The van der Waals surface area contributed by atoms with E-state index in [4.69, 9.17) is 9.47 Å². The van der Waals surface area contributed by atoms with Crippen LogP contribution >= 0.6 is 0 Å². The zero-order valence-electron chi connectivity index (χ0n) is 11.5. The van der Waals surface area contributed by atoms with Crippen molar-refractivity contribution in [3.05, 3.63) is 45.9 Å². The molecule has 20 heavy (non-hydrogen) atoms. The molecule has 0 radical (unpaired) electrons. The Morgan fingerprint density at radius 3 is 2.20 bits per heavy atom. The second kappa shape index (κ2) is 5.49. The molecule has 0 spiro atoms. The normalized spacial score (nSPS) is 9.90. The number of H-pyrrole nitrogens is 1. The number of nitrogens with zero attached hydrogens (tertiary/aromatic N) is 1. The minimum absolute atomic E-state index is 0.0749. The third kappa shape index (κ3) is 2.50. The SMILES string of the molecule is COc1cc(OC)cc(-c2cc(C)[nH]c(=O)c2C#N)c1. The number of pyridine rings is 1. The Balaban J connectivity index is 2.74. The molecule has 1 aromatic heterocycles. The van der Waals surface area contributed by atoms with E-state index in [-0.39, 0.29) is 5.56 Å². The molecule has 0 saturated heterocycles. The van der Waals surface area contributed by atoms with Crippen molar-refractivity contribution in [3.63, 3.8) is 0 Å². The summed E-state index contributed by atoms with van der Waals surface area (Å²) >= 11 is 0. The van der Waals surface area contributed by atoms with E-state index in [1.165, 1.54) is 0 Å². The van der Waals surface area contributed by atoms with Crippen molar-refractivity contribution in [2.45, 2.75) is 6.92 Å². The van der Waals surface area contributed by atoms with Gasteiger partial charge in [-0.15, -0.1) is 0 Å². The molecular weight excluding hydrogens is 256 g/mol. The standard InChI is InChI=1S/C15H14N2O3/c1-9-4-13(14(8-16)15(18)17-9)10-5-11(19-2)7-12(6-10)20-3/h4-7H,1-3H3,(H,17,18). The number of ether oxygens (including phenoxy) is 2. The van der Waals surface area contributed by atoms with E-state index in [1.54, 1.807) is 45.4 Å². The molecule has 5 nitrogen and oxygen atoms in total. The summed E-state index contributed by atoms with van der Waals surface area (Å²) < 4.78 is 10.4. The third-order valence-electron chi connectivity index (χ3n) is 2.94. The van der Waals surface area contributed by atoms with Crippen LogP contribution in [-0.2, 0) is 0 Å². The molecule has 0 aliphatic heterocycles. The van der Waals surface area contributed by atoms with Gasteiger partial charge in [-0.05, 0) is 30.7 Å². The van der Waals surface area contributed by atoms with Crippen molar-refractivity contribution < 1.29 is 9.47 Å². The highest BCUT2D eigenvalue weighted by atomic mass is 16.5. The van der Waals surface area contributed by atoms with Gasteiger partial charge in [0.2, 0.25) is 0 Å². The number of benzene rings is 1. The van der Waals surface area contributed by atoms with Crippen molar-refractivity contribution in [2.24, 2.45) is 0 Å². The van der Waals surface area contributed by atoms with Crippen LogP contribution < -0.4 is 15.0 Å². The number of hydrogen-bond acceptors (Lipinski definition) is 4. The number of aromatic nitrogens is 1. The lowest BCUT2D eigenvalue weighted by Gasteiger charge is -2.10. The van der Waals surface area contributed by atoms with E-state index in [0.29, 0.717) is 28.3 Å². The first kappa shape index (κ1) is 13.7. The van der Waals surface area contributed by atoms with Gasteiger partial charge in [-0.3, -0.25) is 4.79 Å². The molecule has 0 bridgehead atoms. The van der Waals surface area contributed by atoms with Crippen molar-refractivity contribution in [1.82, 2.24) is 4.98 Å².